The molecular formula is C16H18ClFN2. The Kier molecular flexibility index (Phi) is 5.10. The molecule has 106 valence electrons. The highest BCUT2D eigenvalue weighted by molar-refractivity contribution is 6.30. The zero-order valence-electron chi connectivity index (χ0n) is 11.7. The smallest absolute Gasteiger partial charge is 0.141 e. The van der Waals surface area contributed by atoms with Crippen LogP contribution < -0.4 is 5.32 Å². The number of nitrogens with zero attached hydrogens (tertiary/aromatic N) is 1. The predicted molar refractivity (Wildman–Crippen MR) is 80.5 cm³/mol. The van der Waals surface area contributed by atoms with Crippen LogP contribution in [0.2, 0.25) is 5.02 Å². The molecule has 0 aliphatic heterocycles. The van der Waals surface area contributed by atoms with E-state index >= 15 is 0 Å². The number of nitrogens with one attached hydrogen (secondary N) is 1. The van der Waals surface area contributed by atoms with Gasteiger partial charge < -0.3 is 5.32 Å². The van der Waals surface area contributed by atoms with Gasteiger partial charge in [0.2, 0.25) is 0 Å². The monoisotopic (exact) mass is 292 g/mol. The summed E-state index contributed by atoms with van der Waals surface area (Å²) in [5, 5.41) is 3.44. The molecule has 0 bridgehead atoms. The number of hydrogen-bond acceptors (Lipinski definition) is 2. The molecule has 1 atom stereocenters. The van der Waals surface area contributed by atoms with Gasteiger partial charge in [0.15, 0.2) is 0 Å². The fourth-order valence-electron chi connectivity index (χ4n) is 2.30. The van der Waals surface area contributed by atoms with Gasteiger partial charge in [0.1, 0.15) is 5.82 Å². The number of aryl methyl sites for hydroxylation is 1. The third-order valence-corrected chi connectivity index (χ3v) is 3.70. The van der Waals surface area contributed by atoms with E-state index in [0.717, 1.165) is 24.1 Å². The molecule has 0 saturated carbocycles. The van der Waals surface area contributed by atoms with Crippen LogP contribution in [0, 0.1) is 5.82 Å². The lowest BCUT2D eigenvalue weighted by Gasteiger charge is -2.18. The Morgan fingerprint density at radius 3 is 2.80 bits per heavy atom. The molecule has 0 saturated heterocycles. The topological polar surface area (TPSA) is 24.9 Å². The Balaban J connectivity index is 2.26. The minimum absolute atomic E-state index is 0.0904. The number of pyridine rings is 1. The first-order valence-electron chi connectivity index (χ1n) is 6.70. The van der Waals surface area contributed by atoms with E-state index in [0.29, 0.717) is 0 Å². The SMILES string of the molecule is CCc1cccnc1C(Cc1ccc(F)c(Cl)c1)NC. The summed E-state index contributed by atoms with van der Waals surface area (Å²) in [7, 11) is 1.91. The first kappa shape index (κ1) is 14.9. The summed E-state index contributed by atoms with van der Waals surface area (Å²) in [5.41, 5.74) is 3.25. The van der Waals surface area contributed by atoms with E-state index in [2.05, 4.69) is 23.3 Å². The molecule has 0 aliphatic rings. The molecule has 0 aliphatic carbocycles. The van der Waals surface area contributed by atoms with E-state index < -0.39 is 0 Å². The number of benzene rings is 1. The van der Waals surface area contributed by atoms with Crippen LogP contribution in [0.15, 0.2) is 36.5 Å². The van der Waals surface area contributed by atoms with E-state index in [-0.39, 0.29) is 16.9 Å². The van der Waals surface area contributed by atoms with Crippen LogP contribution in [0.4, 0.5) is 4.39 Å². The van der Waals surface area contributed by atoms with Crippen molar-refractivity contribution in [2.24, 2.45) is 0 Å². The first-order valence-corrected chi connectivity index (χ1v) is 7.08. The zero-order chi connectivity index (χ0) is 14.5. The van der Waals surface area contributed by atoms with Crippen LogP contribution in [0.25, 0.3) is 0 Å². The molecule has 1 aromatic carbocycles. The predicted octanol–water partition coefficient (Wildman–Crippen LogP) is 3.94. The molecule has 0 amide bonds. The second-order valence-electron chi connectivity index (χ2n) is 4.70. The van der Waals surface area contributed by atoms with Crippen LogP contribution in [0.5, 0.6) is 0 Å². The molecule has 0 spiro atoms. The lowest BCUT2D eigenvalue weighted by Crippen LogP contribution is -2.21. The van der Waals surface area contributed by atoms with E-state index in [9.17, 15) is 4.39 Å². The van der Waals surface area contributed by atoms with Crippen LogP contribution in [0.1, 0.15) is 29.8 Å². The van der Waals surface area contributed by atoms with Crippen molar-refractivity contribution in [2.45, 2.75) is 25.8 Å². The van der Waals surface area contributed by atoms with Gasteiger partial charge in [0, 0.05) is 6.20 Å². The number of likely N-dealkylation sites (N-methyl/N-ethyl adjacent to an activating group) is 1. The maximum absolute atomic E-state index is 13.2. The summed E-state index contributed by atoms with van der Waals surface area (Å²) >= 11 is 5.83. The molecule has 1 heterocycles. The molecular weight excluding hydrogens is 275 g/mol. The zero-order valence-corrected chi connectivity index (χ0v) is 12.4. The maximum Gasteiger partial charge on any atom is 0.141 e. The molecule has 1 N–H and O–H groups in total. The van der Waals surface area contributed by atoms with Crippen molar-refractivity contribution in [1.82, 2.24) is 10.3 Å². The molecule has 4 heteroatoms. The summed E-state index contributed by atoms with van der Waals surface area (Å²) in [4.78, 5) is 4.49. The summed E-state index contributed by atoms with van der Waals surface area (Å²) in [6, 6.07) is 8.97. The number of rotatable bonds is 5. The number of aromatic nitrogens is 1. The second-order valence-corrected chi connectivity index (χ2v) is 5.10. The highest BCUT2D eigenvalue weighted by Crippen LogP contribution is 2.23. The second kappa shape index (κ2) is 6.82. The van der Waals surface area contributed by atoms with Crippen LogP contribution >= 0.6 is 11.6 Å². The van der Waals surface area contributed by atoms with Crippen molar-refractivity contribution in [1.29, 1.82) is 0 Å². The largest absolute Gasteiger partial charge is 0.311 e. The average Bonchev–Trinajstić information content (AvgIpc) is 2.48. The van der Waals surface area contributed by atoms with Gasteiger partial charge >= 0.3 is 0 Å². The third kappa shape index (κ3) is 3.35. The number of hydrogen-bond donors (Lipinski definition) is 1. The Labute approximate surface area is 124 Å². The fraction of sp³-hybridized carbons (Fsp3) is 0.312. The first-order chi connectivity index (χ1) is 9.65. The van der Waals surface area contributed by atoms with E-state index in [1.165, 1.54) is 11.6 Å². The maximum atomic E-state index is 13.2. The Hall–Kier alpha value is -1.45. The van der Waals surface area contributed by atoms with Crippen molar-refractivity contribution in [2.75, 3.05) is 7.05 Å². The summed E-state index contributed by atoms with van der Waals surface area (Å²) < 4.78 is 13.2. The minimum Gasteiger partial charge on any atom is -0.311 e. The van der Waals surface area contributed by atoms with Crippen molar-refractivity contribution >= 4 is 11.6 Å². The minimum atomic E-state index is -0.386. The third-order valence-electron chi connectivity index (χ3n) is 3.41. The molecule has 2 nitrogen and oxygen atoms in total. The van der Waals surface area contributed by atoms with Crippen LogP contribution in [-0.2, 0) is 12.8 Å². The number of halogens is 2. The molecule has 2 aromatic rings. The Morgan fingerprint density at radius 2 is 2.15 bits per heavy atom. The normalized spacial score (nSPS) is 12.4. The van der Waals surface area contributed by atoms with Gasteiger partial charge in [-0.3, -0.25) is 4.98 Å². The van der Waals surface area contributed by atoms with Crippen LogP contribution in [0.3, 0.4) is 0 Å². The highest BCUT2D eigenvalue weighted by atomic mass is 35.5. The van der Waals surface area contributed by atoms with E-state index in [1.807, 2.05) is 13.1 Å². The van der Waals surface area contributed by atoms with Crippen molar-refractivity contribution < 1.29 is 4.39 Å². The van der Waals surface area contributed by atoms with Crippen molar-refractivity contribution in [3.05, 3.63) is 64.2 Å². The summed E-state index contributed by atoms with van der Waals surface area (Å²) in [5.74, 6) is -0.386. The van der Waals surface area contributed by atoms with Gasteiger partial charge in [0.25, 0.3) is 0 Å². The highest BCUT2D eigenvalue weighted by Gasteiger charge is 2.15. The molecule has 20 heavy (non-hydrogen) atoms. The molecule has 1 aromatic heterocycles. The Morgan fingerprint density at radius 1 is 1.35 bits per heavy atom. The summed E-state index contributed by atoms with van der Waals surface area (Å²) in [6.45, 7) is 2.11. The Bertz CT molecular complexity index is 586. The van der Waals surface area contributed by atoms with Gasteiger partial charge in [-0.15, -0.1) is 0 Å². The van der Waals surface area contributed by atoms with Gasteiger partial charge in [0.05, 0.1) is 16.8 Å². The van der Waals surface area contributed by atoms with Gasteiger partial charge in [-0.05, 0) is 49.2 Å². The lowest BCUT2D eigenvalue weighted by molar-refractivity contribution is 0.568. The van der Waals surface area contributed by atoms with E-state index in [4.69, 9.17) is 11.6 Å². The van der Waals surface area contributed by atoms with Gasteiger partial charge in [-0.25, -0.2) is 4.39 Å². The lowest BCUT2D eigenvalue weighted by atomic mass is 9.98. The molecule has 0 fully saturated rings. The van der Waals surface area contributed by atoms with Crippen LogP contribution in [-0.4, -0.2) is 12.0 Å². The molecule has 0 radical (unpaired) electrons. The standard InChI is InChI=1S/C16H18ClFN2/c1-3-12-5-4-8-20-16(12)15(19-2)10-11-6-7-14(18)13(17)9-11/h4-9,15,19H,3,10H2,1-2H3. The summed E-state index contributed by atoms with van der Waals surface area (Å²) in [6.07, 6.45) is 3.46. The molecule has 2 rings (SSSR count). The van der Waals surface area contributed by atoms with Gasteiger partial charge in [-0.2, -0.15) is 0 Å². The average molecular weight is 293 g/mol. The molecule has 1 unspecified atom stereocenters. The van der Waals surface area contributed by atoms with Crippen molar-refractivity contribution in [3.63, 3.8) is 0 Å². The van der Waals surface area contributed by atoms with E-state index in [1.54, 1.807) is 18.3 Å². The van der Waals surface area contributed by atoms with Crippen molar-refractivity contribution in [3.8, 4) is 0 Å². The van der Waals surface area contributed by atoms with Gasteiger partial charge in [-0.1, -0.05) is 30.7 Å². The quantitative estimate of drug-likeness (QED) is 0.903. The fourth-order valence-corrected chi connectivity index (χ4v) is 2.50.